The fraction of sp³-hybridized carbons (Fsp3) is 0.0800. The molecule has 1 fully saturated rings. The molecule has 1 aromatic heterocycles. The van der Waals surface area contributed by atoms with Gasteiger partial charge in [-0.25, -0.2) is 10.4 Å². The van der Waals surface area contributed by atoms with Gasteiger partial charge in [-0.1, -0.05) is 91.4 Å². The molecular weight excluding hydrogens is 612 g/mol. The maximum atomic E-state index is 13.3. The van der Waals surface area contributed by atoms with Gasteiger partial charge in [0.25, 0.3) is 5.91 Å². The molecule has 0 bridgehead atoms. The van der Waals surface area contributed by atoms with Crippen LogP contribution in [0.1, 0.15) is 16.5 Å². The van der Waals surface area contributed by atoms with E-state index in [1.807, 2.05) is 78.9 Å². The second-order valence-corrected chi connectivity index (χ2v) is 11.6. The molecule has 5 rings (SSSR count). The maximum Gasteiger partial charge on any atom is 0.275 e. The topological polar surface area (TPSA) is 74.3 Å². The van der Waals surface area contributed by atoms with Crippen molar-refractivity contribution >= 4 is 88.2 Å². The van der Waals surface area contributed by atoms with Gasteiger partial charge in [0.05, 0.1) is 21.7 Å². The monoisotopic (exact) mass is 628 g/mol. The minimum Gasteiger partial charge on any atom is -0.301 e. The summed E-state index contributed by atoms with van der Waals surface area (Å²) in [6.45, 7) is -0.0686. The van der Waals surface area contributed by atoms with Crippen molar-refractivity contribution in [3.05, 3.63) is 97.8 Å². The van der Waals surface area contributed by atoms with Crippen LogP contribution in [-0.4, -0.2) is 28.4 Å². The Morgan fingerprint density at radius 1 is 1.00 bits per heavy atom. The number of thiazole rings is 1. The Morgan fingerprint density at radius 2 is 1.69 bits per heavy atom. The average Bonchev–Trinajstić information content (AvgIpc) is 3.40. The molecule has 3 aromatic carbocycles. The fourth-order valence-corrected chi connectivity index (χ4v) is 6.12. The van der Waals surface area contributed by atoms with E-state index in [0.29, 0.717) is 10.0 Å². The van der Waals surface area contributed by atoms with E-state index in [2.05, 4.69) is 47.6 Å². The molecule has 4 aromatic rings. The molecule has 6 nitrogen and oxygen atoms in total. The van der Waals surface area contributed by atoms with E-state index in [-0.39, 0.29) is 23.7 Å². The highest BCUT2D eigenvalue weighted by Gasteiger charge is 2.37. The van der Waals surface area contributed by atoms with E-state index >= 15 is 0 Å². The van der Waals surface area contributed by atoms with Crippen LogP contribution in [0.25, 0.3) is 16.3 Å². The molecular formula is C25H18Br2N4O2S2. The number of hydrogen-bond donors (Lipinski definition) is 2. The first-order valence-corrected chi connectivity index (χ1v) is 13.9. The summed E-state index contributed by atoms with van der Waals surface area (Å²) in [5.41, 5.74) is 5.75. The van der Waals surface area contributed by atoms with Crippen molar-refractivity contribution in [2.24, 2.45) is 0 Å². The van der Waals surface area contributed by atoms with E-state index in [1.54, 1.807) is 0 Å². The number of anilines is 1. The molecule has 0 aliphatic carbocycles. The summed E-state index contributed by atoms with van der Waals surface area (Å²) < 4.78 is 2.93. The van der Waals surface area contributed by atoms with E-state index < -0.39 is 0 Å². The number of aromatic nitrogens is 1. The van der Waals surface area contributed by atoms with E-state index in [4.69, 9.17) is 0 Å². The molecule has 1 aliphatic rings. The van der Waals surface area contributed by atoms with Crippen LogP contribution in [0.2, 0.25) is 0 Å². The van der Waals surface area contributed by atoms with Gasteiger partial charge >= 0.3 is 0 Å². The average molecular weight is 630 g/mol. The number of halogens is 2. The third kappa shape index (κ3) is 5.68. The van der Waals surface area contributed by atoms with Crippen molar-refractivity contribution in [1.82, 2.24) is 15.4 Å². The molecule has 0 spiro atoms. The number of carbonyl (C=O) groups excluding carboxylic acids is 2. The SMILES string of the molecule is O=C(CNN1C(=O)/C(=C/c2ccc(Br)cc2)SC1c1ccc(Br)cc1)Nc1nc2ccccc2s1. The van der Waals surface area contributed by atoms with Gasteiger partial charge in [0.1, 0.15) is 5.37 Å². The van der Waals surface area contributed by atoms with Crippen LogP contribution < -0.4 is 10.7 Å². The molecule has 1 saturated heterocycles. The second kappa shape index (κ2) is 10.6. The Hall–Kier alpha value is -2.50. The van der Waals surface area contributed by atoms with Gasteiger partial charge in [0.15, 0.2) is 5.13 Å². The Bertz CT molecular complexity index is 1390. The van der Waals surface area contributed by atoms with E-state index in [1.165, 1.54) is 28.1 Å². The number of fused-ring (bicyclic) bond motifs is 1. The smallest absolute Gasteiger partial charge is 0.275 e. The van der Waals surface area contributed by atoms with Crippen LogP contribution in [0, 0.1) is 0 Å². The molecule has 0 saturated carbocycles. The standard InChI is InChI=1S/C25H18Br2N4O2S2/c26-17-9-5-15(6-10-17)13-21-23(33)31(24(34-21)16-7-11-18(27)12-8-16)28-14-22(32)30-25-29-19-3-1-2-4-20(19)35-25/h1-13,24,28H,14H2,(H,29,30,32)/b21-13-. The summed E-state index contributed by atoms with van der Waals surface area (Å²) in [7, 11) is 0. The third-order valence-electron chi connectivity index (χ3n) is 5.18. The first-order valence-electron chi connectivity index (χ1n) is 10.6. The molecule has 2 amide bonds. The number of para-hydroxylation sites is 1. The molecule has 2 N–H and O–H groups in total. The number of thioether (sulfide) groups is 1. The lowest BCUT2D eigenvalue weighted by atomic mass is 10.2. The normalized spacial score (nSPS) is 16.9. The first-order chi connectivity index (χ1) is 17.0. The van der Waals surface area contributed by atoms with Crippen molar-refractivity contribution in [2.45, 2.75) is 5.37 Å². The van der Waals surface area contributed by atoms with Crippen LogP contribution in [0.5, 0.6) is 0 Å². The van der Waals surface area contributed by atoms with Crippen LogP contribution in [0.4, 0.5) is 5.13 Å². The van der Waals surface area contributed by atoms with Crippen LogP contribution in [0.3, 0.4) is 0 Å². The zero-order valence-corrected chi connectivity index (χ0v) is 22.9. The van der Waals surface area contributed by atoms with Crippen molar-refractivity contribution in [2.75, 3.05) is 11.9 Å². The highest BCUT2D eigenvalue weighted by atomic mass is 79.9. The van der Waals surface area contributed by atoms with Gasteiger partial charge in [-0.3, -0.25) is 14.6 Å². The maximum absolute atomic E-state index is 13.3. The number of nitrogens with one attached hydrogen (secondary N) is 2. The van der Waals surface area contributed by atoms with E-state index in [0.717, 1.165) is 30.3 Å². The van der Waals surface area contributed by atoms with Crippen molar-refractivity contribution < 1.29 is 9.59 Å². The minimum absolute atomic E-state index is 0.0686. The lowest BCUT2D eigenvalue weighted by Gasteiger charge is -2.24. The van der Waals surface area contributed by atoms with Gasteiger partial charge in [-0.15, -0.1) is 0 Å². The number of hydrogen-bond acceptors (Lipinski definition) is 6. The number of hydrazine groups is 1. The first kappa shape index (κ1) is 24.2. The lowest BCUT2D eigenvalue weighted by Crippen LogP contribution is -2.44. The van der Waals surface area contributed by atoms with Crippen molar-refractivity contribution in [1.29, 1.82) is 0 Å². The summed E-state index contributed by atoms with van der Waals surface area (Å²) in [6.07, 6.45) is 1.87. The van der Waals surface area contributed by atoms with Crippen LogP contribution >= 0.6 is 55.0 Å². The lowest BCUT2D eigenvalue weighted by molar-refractivity contribution is -0.130. The molecule has 176 valence electrons. The summed E-state index contributed by atoms with van der Waals surface area (Å²) >= 11 is 9.76. The van der Waals surface area contributed by atoms with E-state index in [9.17, 15) is 9.59 Å². The number of carbonyl (C=O) groups is 2. The molecule has 1 aliphatic heterocycles. The summed E-state index contributed by atoms with van der Waals surface area (Å²) in [6, 6.07) is 23.3. The Morgan fingerprint density at radius 3 is 2.40 bits per heavy atom. The molecule has 2 heterocycles. The molecule has 1 atom stereocenters. The Kier molecular flexibility index (Phi) is 7.35. The van der Waals surface area contributed by atoms with Crippen molar-refractivity contribution in [3.63, 3.8) is 0 Å². The predicted molar refractivity (Wildman–Crippen MR) is 150 cm³/mol. The Balaban J connectivity index is 1.33. The van der Waals surface area contributed by atoms with Gasteiger partial charge in [0, 0.05) is 8.95 Å². The highest BCUT2D eigenvalue weighted by molar-refractivity contribution is 9.10. The zero-order valence-electron chi connectivity index (χ0n) is 18.1. The van der Waals surface area contributed by atoms with Gasteiger partial charge in [0.2, 0.25) is 5.91 Å². The van der Waals surface area contributed by atoms with Gasteiger partial charge in [-0.05, 0) is 53.6 Å². The third-order valence-corrected chi connectivity index (χ3v) is 8.44. The number of nitrogens with zero attached hydrogens (tertiary/aromatic N) is 2. The summed E-state index contributed by atoms with van der Waals surface area (Å²) in [4.78, 5) is 31.0. The minimum atomic E-state index is -0.312. The van der Waals surface area contributed by atoms with Crippen LogP contribution in [-0.2, 0) is 9.59 Å². The molecule has 10 heteroatoms. The molecule has 35 heavy (non-hydrogen) atoms. The quantitative estimate of drug-likeness (QED) is 0.236. The zero-order chi connectivity index (χ0) is 24.4. The Labute approximate surface area is 227 Å². The van der Waals surface area contributed by atoms with Crippen molar-refractivity contribution in [3.8, 4) is 0 Å². The van der Waals surface area contributed by atoms with Gasteiger partial charge in [-0.2, -0.15) is 0 Å². The predicted octanol–water partition coefficient (Wildman–Crippen LogP) is 6.58. The summed E-state index contributed by atoms with van der Waals surface area (Å²) in [5.74, 6) is -0.458. The molecule has 1 unspecified atom stereocenters. The number of rotatable bonds is 6. The second-order valence-electron chi connectivity index (χ2n) is 7.63. The number of amides is 2. The number of benzene rings is 3. The van der Waals surface area contributed by atoms with Gasteiger partial charge < -0.3 is 5.32 Å². The fourth-order valence-electron chi connectivity index (χ4n) is 3.50. The van der Waals surface area contributed by atoms with Crippen LogP contribution in [0.15, 0.2) is 86.6 Å². The highest BCUT2D eigenvalue weighted by Crippen LogP contribution is 2.45. The summed E-state index contributed by atoms with van der Waals surface area (Å²) in [5, 5.41) is 4.56. The molecule has 0 radical (unpaired) electrons. The largest absolute Gasteiger partial charge is 0.301 e.